The minimum absolute atomic E-state index is 0.0619. The Kier molecular flexibility index (Phi) is 4.98. The first kappa shape index (κ1) is 16.6. The Balaban J connectivity index is 1.66. The number of hydrogen-bond acceptors (Lipinski definition) is 6. The first-order valence-electron chi connectivity index (χ1n) is 7.61. The second-order valence-electron chi connectivity index (χ2n) is 5.33. The van der Waals surface area contributed by atoms with Gasteiger partial charge in [-0.2, -0.15) is 15.2 Å². The third-order valence-corrected chi connectivity index (χ3v) is 3.34. The van der Waals surface area contributed by atoms with Gasteiger partial charge in [-0.1, -0.05) is 30.3 Å². The van der Waals surface area contributed by atoms with E-state index in [9.17, 15) is 4.39 Å². The molecule has 0 bridgehead atoms. The summed E-state index contributed by atoms with van der Waals surface area (Å²) in [7, 11) is 1.80. The zero-order valence-electron chi connectivity index (χ0n) is 13.8. The lowest BCUT2D eigenvalue weighted by Crippen LogP contribution is -2.04. The molecular weight excluding hydrogens is 323 g/mol. The van der Waals surface area contributed by atoms with Crippen LogP contribution in [-0.4, -0.2) is 26.0 Å². The van der Waals surface area contributed by atoms with Crippen LogP contribution in [0.3, 0.4) is 0 Å². The van der Waals surface area contributed by atoms with Gasteiger partial charge in [-0.3, -0.25) is 10.1 Å². The van der Waals surface area contributed by atoms with Crippen LogP contribution in [-0.2, 0) is 13.7 Å². The molecule has 25 heavy (non-hydrogen) atoms. The van der Waals surface area contributed by atoms with Crippen LogP contribution in [0.2, 0.25) is 0 Å². The van der Waals surface area contributed by atoms with Gasteiger partial charge in [0.1, 0.15) is 6.61 Å². The van der Waals surface area contributed by atoms with Gasteiger partial charge in [0.05, 0.1) is 23.8 Å². The van der Waals surface area contributed by atoms with Crippen molar-refractivity contribution in [3.05, 3.63) is 65.4 Å². The number of aromatic nitrogens is 4. The zero-order valence-corrected chi connectivity index (χ0v) is 13.8. The molecule has 0 aliphatic heterocycles. The van der Waals surface area contributed by atoms with Crippen molar-refractivity contribution in [2.24, 2.45) is 12.1 Å². The summed E-state index contributed by atoms with van der Waals surface area (Å²) >= 11 is 0. The number of halogens is 1. The highest BCUT2D eigenvalue weighted by Gasteiger charge is 2.07. The molecule has 8 heteroatoms. The number of hydrogen-bond donors (Lipinski definition) is 1. The highest BCUT2D eigenvalue weighted by atomic mass is 19.1. The molecule has 0 unspecified atom stereocenters. The Labute approximate surface area is 144 Å². The standard InChI is InChI=1S/C17H17FN6O/c1-12-8-14(24(2)23-12)9-20-22-16-15(18)10-19-17(21-16)25-11-13-6-4-3-5-7-13/h3-10H,11H2,1-2H3,(H,19,21,22)/b20-9+. The molecule has 0 saturated heterocycles. The monoisotopic (exact) mass is 340 g/mol. The maximum absolute atomic E-state index is 13.8. The van der Waals surface area contributed by atoms with Crippen molar-refractivity contribution in [3.63, 3.8) is 0 Å². The fraction of sp³-hybridized carbons (Fsp3) is 0.176. The number of ether oxygens (including phenoxy) is 1. The first-order chi connectivity index (χ1) is 12.1. The van der Waals surface area contributed by atoms with Crippen LogP contribution in [0.25, 0.3) is 0 Å². The molecule has 0 atom stereocenters. The zero-order chi connectivity index (χ0) is 17.6. The summed E-state index contributed by atoms with van der Waals surface area (Å²) in [5, 5.41) is 8.18. The minimum Gasteiger partial charge on any atom is -0.459 e. The lowest BCUT2D eigenvalue weighted by atomic mass is 10.2. The minimum atomic E-state index is -0.620. The van der Waals surface area contributed by atoms with Gasteiger partial charge in [0.2, 0.25) is 0 Å². The van der Waals surface area contributed by atoms with E-state index in [1.54, 1.807) is 11.7 Å². The predicted molar refractivity (Wildman–Crippen MR) is 91.9 cm³/mol. The summed E-state index contributed by atoms with van der Waals surface area (Å²) in [5.74, 6) is -0.682. The normalized spacial score (nSPS) is 11.0. The lowest BCUT2D eigenvalue weighted by Gasteiger charge is -2.06. The van der Waals surface area contributed by atoms with Crippen molar-refractivity contribution in [2.75, 3.05) is 5.43 Å². The van der Waals surface area contributed by atoms with Gasteiger partial charge < -0.3 is 4.74 Å². The third-order valence-electron chi connectivity index (χ3n) is 3.34. The van der Waals surface area contributed by atoms with Crippen LogP contribution in [0.5, 0.6) is 6.01 Å². The summed E-state index contributed by atoms with van der Waals surface area (Å²) in [6.45, 7) is 2.18. The maximum atomic E-state index is 13.8. The number of benzene rings is 1. The highest BCUT2D eigenvalue weighted by molar-refractivity contribution is 5.78. The van der Waals surface area contributed by atoms with E-state index >= 15 is 0 Å². The number of rotatable bonds is 6. The van der Waals surface area contributed by atoms with E-state index in [0.717, 1.165) is 23.1 Å². The van der Waals surface area contributed by atoms with Gasteiger partial charge in [-0.25, -0.2) is 9.37 Å². The Hall–Kier alpha value is -3.29. The number of nitrogens with zero attached hydrogens (tertiary/aromatic N) is 5. The fourth-order valence-electron chi connectivity index (χ4n) is 2.13. The van der Waals surface area contributed by atoms with E-state index in [2.05, 4.69) is 25.6 Å². The molecule has 7 nitrogen and oxygen atoms in total. The molecule has 0 aliphatic rings. The number of hydrazone groups is 1. The number of nitrogens with one attached hydrogen (secondary N) is 1. The highest BCUT2D eigenvalue weighted by Crippen LogP contribution is 2.14. The first-order valence-corrected chi connectivity index (χ1v) is 7.61. The van der Waals surface area contributed by atoms with E-state index in [0.29, 0.717) is 6.61 Å². The van der Waals surface area contributed by atoms with Crippen molar-refractivity contribution >= 4 is 12.0 Å². The summed E-state index contributed by atoms with van der Waals surface area (Å²) in [5.41, 5.74) is 5.17. The molecule has 1 N–H and O–H groups in total. The summed E-state index contributed by atoms with van der Waals surface area (Å²) in [6.07, 6.45) is 2.57. The van der Waals surface area contributed by atoms with E-state index in [-0.39, 0.29) is 11.8 Å². The molecule has 3 rings (SSSR count). The Morgan fingerprint density at radius 2 is 2.12 bits per heavy atom. The maximum Gasteiger partial charge on any atom is 0.318 e. The smallest absolute Gasteiger partial charge is 0.318 e. The topological polar surface area (TPSA) is 77.2 Å². The lowest BCUT2D eigenvalue weighted by molar-refractivity contribution is 0.280. The molecule has 0 aliphatic carbocycles. The van der Waals surface area contributed by atoms with E-state index in [1.165, 1.54) is 6.21 Å². The average molecular weight is 340 g/mol. The predicted octanol–water partition coefficient (Wildman–Crippen LogP) is 2.68. The molecule has 0 fully saturated rings. The Morgan fingerprint density at radius 1 is 1.32 bits per heavy atom. The molecular formula is C17H17FN6O. The van der Waals surface area contributed by atoms with Crippen molar-refractivity contribution in [1.82, 2.24) is 19.7 Å². The van der Waals surface area contributed by atoms with Gasteiger partial charge in [-0.15, -0.1) is 0 Å². The van der Waals surface area contributed by atoms with Crippen molar-refractivity contribution in [3.8, 4) is 6.01 Å². The van der Waals surface area contributed by atoms with Gasteiger partial charge in [0.15, 0.2) is 11.6 Å². The van der Waals surface area contributed by atoms with Gasteiger partial charge in [0.25, 0.3) is 0 Å². The molecule has 0 saturated carbocycles. The van der Waals surface area contributed by atoms with Gasteiger partial charge in [-0.05, 0) is 18.6 Å². The van der Waals surface area contributed by atoms with Crippen LogP contribution >= 0.6 is 0 Å². The molecule has 1 aromatic carbocycles. The second-order valence-corrected chi connectivity index (χ2v) is 5.33. The van der Waals surface area contributed by atoms with Crippen molar-refractivity contribution in [1.29, 1.82) is 0 Å². The fourth-order valence-corrected chi connectivity index (χ4v) is 2.13. The Bertz CT molecular complexity index is 878. The summed E-state index contributed by atoms with van der Waals surface area (Å²) in [4.78, 5) is 7.81. The van der Waals surface area contributed by atoms with E-state index < -0.39 is 5.82 Å². The average Bonchev–Trinajstić information content (AvgIpc) is 2.93. The van der Waals surface area contributed by atoms with Crippen LogP contribution in [0.1, 0.15) is 17.0 Å². The van der Waals surface area contributed by atoms with Crippen LogP contribution in [0.15, 0.2) is 47.7 Å². The Morgan fingerprint density at radius 3 is 2.84 bits per heavy atom. The van der Waals surface area contributed by atoms with Crippen molar-refractivity contribution < 1.29 is 9.13 Å². The molecule has 0 spiro atoms. The van der Waals surface area contributed by atoms with Crippen LogP contribution in [0.4, 0.5) is 10.2 Å². The second kappa shape index (κ2) is 7.52. The largest absolute Gasteiger partial charge is 0.459 e. The quantitative estimate of drug-likeness (QED) is 0.551. The molecule has 3 aromatic rings. The molecule has 128 valence electrons. The van der Waals surface area contributed by atoms with Gasteiger partial charge in [0, 0.05) is 7.05 Å². The molecule has 2 heterocycles. The van der Waals surface area contributed by atoms with Crippen molar-refractivity contribution in [2.45, 2.75) is 13.5 Å². The van der Waals surface area contributed by atoms with Gasteiger partial charge >= 0.3 is 6.01 Å². The molecule has 0 radical (unpaired) electrons. The van der Waals surface area contributed by atoms with Crippen LogP contribution in [0, 0.1) is 12.7 Å². The summed E-state index contributed by atoms with van der Waals surface area (Å²) in [6, 6.07) is 11.5. The number of anilines is 1. The third kappa shape index (κ3) is 4.37. The molecule has 2 aromatic heterocycles. The van der Waals surface area contributed by atoms with Crippen LogP contribution < -0.4 is 10.2 Å². The summed E-state index contributed by atoms with van der Waals surface area (Å²) < 4.78 is 21.0. The molecule has 0 amide bonds. The number of aryl methyl sites for hydroxylation is 2. The SMILES string of the molecule is Cc1cc(/C=N/Nc2nc(OCc3ccccc3)ncc2F)n(C)n1. The van der Waals surface area contributed by atoms with E-state index in [4.69, 9.17) is 4.74 Å². The van der Waals surface area contributed by atoms with E-state index in [1.807, 2.05) is 43.3 Å².